The first-order valence-corrected chi connectivity index (χ1v) is 5.92. The average molecular weight is 258 g/mol. The summed E-state index contributed by atoms with van der Waals surface area (Å²) in [5.41, 5.74) is 2.60. The molecule has 0 unspecified atom stereocenters. The van der Waals surface area contributed by atoms with Gasteiger partial charge in [0.25, 0.3) is 0 Å². The van der Waals surface area contributed by atoms with Crippen molar-refractivity contribution >= 4 is 22.5 Å². The third kappa shape index (κ3) is 1.95. The second kappa shape index (κ2) is 4.39. The molecule has 0 aliphatic heterocycles. The van der Waals surface area contributed by atoms with Gasteiger partial charge in [0.2, 0.25) is 0 Å². The number of rotatable bonds is 1. The van der Waals surface area contributed by atoms with E-state index in [1.807, 2.05) is 24.3 Å². The van der Waals surface area contributed by atoms with Crippen LogP contribution in [0.25, 0.3) is 22.0 Å². The fourth-order valence-corrected chi connectivity index (χ4v) is 2.20. The highest BCUT2D eigenvalue weighted by atomic mass is 35.5. The lowest BCUT2D eigenvalue weighted by molar-refractivity contribution is 0.628. The first-order valence-electron chi connectivity index (χ1n) is 5.54. The van der Waals surface area contributed by atoms with Crippen molar-refractivity contribution in [3.8, 4) is 11.1 Å². The van der Waals surface area contributed by atoms with Gasteiger partial charge in [-0.05, 0) is 41.5 Å². The lowest BCUT2D eigenvalue weighted by Gasteiger charge is -2.06. The summed E-state index contributed by atoms with van der Waals surface area (Å²) < 4.78 is 13.3. The molecule has 0 radical (unpaired) electrons. The Morgan fingerprint density at radius 1 is 1.00 bits per heavy atom. The maximum absolute atomic E-state index is 13.3. The zero-order valence-corrected chi connectivity index (χ0v) is 10.2. The van der Waals surface area contributed by atoms with E-state index in [4.69, 9.17) is 11.6 Å². The van der Waals surface area contributed by atoms with Gasteiger partial charge in [-0.3, -0.25) is 4.98 Å². The molecule has 1 heterocycles. The van der Waals surface area contributed by atoms with E-state index in [-0.39, 0.29) is 5.82 Å². The van der Waals surface area contributed by atoms with Crippen molar-refractivity contribution < 1.29 is 4.39 Å². The maximum atomic E-state index is 13.3. The molecule has 0 aliphatic rings. The third-order valence-corrected chi connectivity index (χ3v) is 3.08. The number of benzene rings is 2. The van der Waals surface area contributed by atoms with Crippen molar-refractivity contribution in [3.05, 3.63) is 65.6 Å². The fraction of sp³-hybridized carbons (Fsp3) is 0. The number of hydrogen-bond acceptors (Lipinski definition) is 1. The Hall–Kier alpha value is -1.93. The summed E-state index contributed by atoms with van der Waals surface area (Å²) in [4.78, 5) is 4.27. The number of halogens is 2. The number of fused-ring (bicyclic) bond motifs is 1. The molecule has 0 bridgehead atoms. The summed E-state index contributed by atoms with van der Waals surface area (Å²) in [6.07, 6.45) is 1.71. The molecule has 3 aromatic rings. The van der Waals surface area contributed by atoms with Crippen LogP contribution in [0.3, 0.4) is 0 Å². The van der Waals surface area contributed by atoms with Gasteiger partial charge in [-0.2, -0.15) is 0 Å². The lowest BCUT2D eigenvalue weighted by atomic mass is 10.0. The zero-order valence-electron chi connectivity index (χ0n) is 9.40. The third-order valence-electron chi connectivity index (χ3n) is 2.84. The quantitative estimate of drug-likeness (QED) is 0.616. The molecule has 0 spiro atoms. The van der Waals surface area contributed by atoms with Crippen LogP contribution in [0.2, 0.25) is 5.02 Å². The van der Waals surface area contributed by atoms with Crippen LogP contribution in [0.4, 0.5) is 4.39 Å². The number of pyridine rings is 1. The van der Waals surface area contributed by atoms with Gasteiger partial charge in [-0.1, -0.05) is 29.8 Å². The minimum Gasteiger partial charge on any atom is -0.256 e. The molecule has 1 aromatic heterocycles. The Balaban J connectivity index is 2.29. The van der Waals surface area contributed by atoms with Crippen LogP contribution in [-0.2, 0) is 0 Å². The normalized spacial score (nSPS) is 10.8. The largest absolute Gasteiger partial charge is 0.256 e. The van der Waals surface area contributed by atoms with Crippen molar-refractivity contribution in [3.63, 3.8) is 0 Å². The van der Waals surface area contributed by atoms with E-state index in [0.29, 0.717) is 5.02 Å². The van der Waals surface area contributed by atoms with Crippen LogP contribution >= 0.6 is 11.6 Å². The highest BCUT2D eigenvalue weighted by molar-refractivity contribution is 6.31. The molecule has 3 heteroatoms. The van der Waals surface area contributed by atoms with Gasteiger partial charge in [-0.15, -0.1) is 0 Å². The van der Waals surface area contributed by atoms with E-state index in [1.165, 1.54) is 12.1 Å². The Labute approximate surface area is 109 Å². The highest BCUT2D eigenvalue weighted by Crippen LogP contribution is 2.29. The summed E-state index contributed by atoms with van der Waals surface area (Å²) in [6.45, 7) is 0. The second-order valence-electron chi connectivity index (χ2n) is 4.03. The molecule has 3 rings (SSSR count). The lowest BCUT2D eigenvalue weighted by Crippen LogP contribution is -1.85. The fourth-order valence-electron chi connectivity index (χ4n) is 2.03. The van der Waals surface area contributed by atoms with Gasteiger partial charge >= 0.3 is 0 Å². The smallest absolute Gasteiger partial charge is 0.123 e. The standard InChI is InChI=1S/C15H9ClFN/c16-11-4-5-14-13(6-7-18-15(14)9-11)10-2-1-3-12(17)8-10/h1-9H. The zero-order chi connectivity index (χ0) is 12.5. The van der Waals surface area contributed by atoms with Crippen molar-refractivity contribution in [1.82, 2.24) is 4.98 Å². The van der Waals surface area contributed by atoms with Gasteiger partial charge in [0.15, 0.2) is 0 Å². The Morgan fingerprint density at radius 2 is 1.89 bits per heavy atom. The number of nitrogens with zero attached hydrogens (tertiary/aromatic N) is 1. The van der Waals surface area contributed by atoms with Gasteiger partial charge in [0.1, 0.15) is 5.82 Å². The van der Waals surface area contributed by atoms with Crippen LogP contribution in [0.5, 0.6) is 0 Å². The topological polar surface area (TPSA) is 12.9 Å². The first-order chi connectivity index (χ1) is 8.74. The minimum atomic E-state index is -0.244. The number of hydrogen-bond donors (Lipinski definition) is 0. The van der Waals surface area contributed by atoms with Gasteiger partial charge < -0.3 is 0 Å². The maximum Gasteiger partial charge on any atom is 0.123 e. The van der Waals surface area contributed by atoms with Crippen LogP contribution in [-0.4, -0.2) is 4.98 Å². The van der Waals surface area contributed by atoms with Crippen molar-refractivity contribution in [2.24, 2.45) is 0 Å². The molecule has 0 saturated carbocycles. The minimum absolute atomic E-state index is 0.244. The van der Waals surface area contributed by atoms with E-state index in [0.717, 1.165) is 22.0 Å². The van der Waals surface area contributed by atoms with Gasteiger partial charge in [0.05, 0.1) is 5.52 Å². The summed E-state index contributed by atoms with van der Waals surface area (Å²) in [7, 11) is 0. The molecule has 0 amide bonds. The van der Waals surface area contributed by atoms with Crippen molar-refractivity contribution in [2.75, 3.05) is 0 Å². The van der Waals surface area contributed by atoms with Crippen molar-refractivity contribution in [2.45, 2.75) is 0 Å². The molecular weight excluding hydrogens is 249 g/mol. The molecule has 18 heavy (non-hydrogen) atoms. The summed E-state index contributed by atoms with van der Waals surface area (Å²) in [5, 5.41) is 1.61. The molecule has 0 atom stereocenters. The molecule has 1 nitrogen and oxygen atoms in total. The monoisotopic (exact) mass is 257 g/mol. The van der Waals surface area contributed by atoms with E-state index in [9.17, 15) is 4.39 Å². The van der Waals surface area contributed by atoms with Crippen LogP contribution in [0.1, 0.15) is 0 Å². The van der Waals surface area contributed by atoms with Crippen molar-refractivity contribution in [1.29, 1.82) is 0 Å². The van der Waals surface area contributed by atoms with E-state index in [2.05, 4.69) is 4.98 Å². The average Bonchev–Trinajstić information content (AvgIpc) is 2.37. The molecule has 0 N–H and O–H groups in total. The van der Waals surface area contributed by atoms with Crippen LogP contribution in [0.15, 0.2) is 54.7 Å². The van der Waals surface area contributed by atoms with Gasteiger partial charge in [0, 0.05) is 16.6 Å². The molecular formula is C15H9ClFN. The van der Waals surface area contributed by atoms with Crippen LogP contribution in [0, 0.1) is 5.82 Å². The highest BCUT2D eigenvalue weighted by Gasteiger charge is 2.05. The molecule has 2 aromatic carbocycles. The molecule has 0 fully saturated rings. The SMILES string of the molecule is Fc1cccc(-c2ccnc3cc(Cl)ccc23)c1. The first kappa shape index (κ1) is 11.2. The Kier molecular flexibility index (Phi) is 2.73. The summed E-state index contributed by atoms with van der Waals surface area (Å²) in [5.74, 6) is -0.244. The second-order valence-corrected chi connectivity index (χ2v) is 4.47. The molecule has 88 valence electrons. The van der Waals surface area contributed by atoms with E-state index in [1.54, 1.807) is 18.3 Å². The van der Waals surface area contributed by atoms with E-state index >= 15 is 0 Å². The molecule has 0 aliphatic carbocycles. The Bertz CT molecular complexity index is 725. The summed E-state index contributed by atoms with van der Waals surface area (Å²) >= 11 is 5.94. The summed E-state index contributed by atoms with van der Waals surface area (Å²) in [6, 6.07) is 13.9. The van der Waals surface area contributed by atoms with Gasteiger partial charge in [-0.25, -0.2) is 4.39 Å². The Morgan fingerprint density at radius 3 is 2.72 bits per heavy atom. The number of aromatic nitrogens is 1. The van der Waals surface area contributed by atoms with E-state index < -0.39 is 0 Å². The van der Waals surface area contributed by atoms with Crippen LogP contribution < -0.4 is 0 Å². The molecule has 0 saturated heterocycles. The predicted molar refractivity (Wildman–Crippen MR) is 72.1 cm³/mol. The predicted octanol–water partition coefficient (Wildman–Crippen LogP) is 4.69.